The maximum absolute atomic E-state index is 12.2. The minimum absolute atomic E-state index is 0.0574. The van der Waals surface area contributed by atoms with Crippen LogP contribution in [0.2, 0.25) is 0 Å². The van der Waals surface area contributed by atoms with Gasteiger partial charge in [0.15, 0.2) is 0 Å². The van der Waals surface area contributed by atoms with Gasteiger partial charge in [0.2, 0.25) is 15.9 Å². The normalized spacial score (nSPS) is 16.9. The number of sulfonamides is 1. The number of anilines is 1. The number of carbonyl (C=O) groups is 2. The average Bonchev–Trinajstić information content (AvgIpc) is 2.48. The number of hydrogen-bond donors (Lipinski definition) is 2. The molecule has 0 atom stereocenters. The van der Waals surface area contributed by atoms with Crippen LogP contribution in [0.25, 0.3) is 0 Å². The van der Waals surface area contributed by atoms with Crippen LogP contribution in [0.5, 0.6) is 0 Å². The van der Waals surface area contributed by atoms with E-state index >= 15 is 0 Å². The number of rotatable bonds is 5. The van der Waals surface area contributed by atoms with Crippen molar-refractivity contribution < 1.29 is 23.1 Å². The predicted octanol–water partition coefficient (Wildman–Crippen LogP) is 0.924. The third-order valence-electron chi connectivity index (χ3n) is 3.87. The fourth-order valence-corrected chi connectivity index (χ4v) is 3.45. The second kappa shape index (κ2) is 7.10. The van der Waals surface area contributed by atoms with Crippen molar-refractivity contribution in [1.82, 2.24) is 4.31 Å². The van der Waals surface area contributed by atoms with Crippen LogP contribution in [0.4, 0.5) is 5.69 Å². The Hall–Kier alpha value is -1.93. The van der Waals surface area contributed by atoms with E-state index in [4.69, 9.17) is 5.11 Å². The lowest BCUT2D eigenvalue weighted by Gasteiger charge is -2.29. The van der Waals surface area contributed by atoms with Crippen LogP contribution in [0, 0.1) is 5.92 Å². The van der Waals surface area contributed by atoms with E-state index in [1.807, 2.05) is 0 Å². The van der Waals surface area contributed by atoms with Gasteiger partial charge in [-0.1, -0.05) is 12.1 Å². The summed E-state index contributed by atoms with van der Waals surface area (Å²) in [5.74, 6) is -1.25. The van der Waals surface area contributed by atoms with Gasteiger partial charge in [0.25, 0.3) is 0 Å². The van der Waals surface area contributed by atoms with E-state index in [0.717, 1.165) is 0 Å². The Morgan fingerprint density at radius 3 is 2.26 bits per heavy atom. The van der Waals surface area contributed by atoms with Gasteiger partial charge < -0.3 is 10.4 Å². The highest BCUT2D eigenvalue weighted by Gasteiger charge is 2.28. The highest BCUT2D eigenvalue weighted by Crippen LogP contribution is 2.21. The van der Waals surface area contributed by atoms with Gasteiger partial charge in [0.1, 0.15) is 0 Å². The van der Waals surface area contributed by atoms with E-state index in [1.165, 1.54) is 10.6 Å². The lowest BCUT2D eigenvalue weighted by atomic mass is 9.97. The van der Waals surface area contributed by atoms with Gasteiger partial charge in [-0.15, -0.1) is 0 Å². The van der Waals surface area contributed by atoms with Crippen molar-refractivity contribution in [2.24, 2.45) is 5.92 Å². The van der Waals surface area contributed by atoms with Gasteiger partial charge in [-0.05, 0) is 30.5 Å². The summed E-state index contributed by atoms with van der Waals surface area (Å²) in [6, 6.07) is 6.66. The quantitative estimate of drug-likeness (QED) is 0.830. The van der Waals surface area contributed by atoms with Crippen LogP contribution in [0.3, 0.4) is 0 Å². The molecule has 1 amide bonds. The molecule has 0 spiro atoms. The number of aliphatic carboxylic acids is 1. The Bertz CT molecular complexity index is 676. The topological polar surface area (TPSA) is 104 Å². The molecule has 1 heterocycles. The molecule has 0 bridgehead atoms. The smallest absolute Gasteiger partial charge is 0.307 e. The lowest BCUT2D eigenvalue weighted by Crippen LogP contribution is -2.40. The summed E-state index contributed by atoms with van der Waals surface area (Å²) in [6.45, 7) is 0.711. The third kappa shape index (κ3) is 5.04. The molecule has 23 heavy (non-hydrogen) atoms. The third-order valence-corrected chi connectivity index (χ3v) is 5.17. The Kier molecular flexibility index (Phi) is 5.38. The first kappa shape index (κ1) is 17.4. The van der Waals surface area contributed by atoms with Crippen molar-refractivity contribution in [2.45, 2.75) is 19.3 Å². The van der Waals surface area contributed by atoms with E-state index in [2.05, 4.69) is 5.32 Å². The molecular formula is C15H20N2O5S. The number of nitrogens with zero attached hydrogens (tertiary/aromatic N) is 1. The maximum atomic E-state index is 12.2. The Morgan fingerprint density at radius 1 is 1.22 bits per heavy atom. The second-order valence-corrected chi connectivity index (χ2v) is 7.68. The van der Waals surface area contributed by atoms with Gasteiger partial charge in [-0.2, -0.15) is 0 Å². The van der Waals surface area contributed by atoms with Crippen molar-refractivity contribution in [3.63, 3.8) is 0 Å². The van der Waals surface area contributed by atoms with Crippen LogP contribution in [-0.2, 0) is 26.0 Å². The number of amides is 1. The van der Waals surface area contributed by atoms with Crippen LogP contribution in [0.1, 0.15) is 18.4 Å². The highest BCUT2D eigenvalue weighted by molar-refractivity contribution is 7.88. The van der Waals surface area contributed by atoms with E-state index in [9.17, 15) is 18.0 Å². The molecule has 1 saturated heterocycles. The van der Waals surface area contributed by atoms with Gasteiger partial charge in [0.05, 0.1) is 12.7 Å². The Balaban J connectivity index is 1.89. The first-order chi connectivity index (χ1) is 10.8. The summed E-state index contributed by atoms with van der Waals surface area (Å²) in [4.78, 5) is 22.8. The number of carboxylic acid groups (broad SMARTS) is 1. The van der Waals surface area contributed by atoms with E-state index in [1.54, 1.807) is 24.3 Å². The van der Waals surface area contributed by atoms with Crippen LogP contribution in [-0.4, -0.2) is 49.1 Å². The molecule has 1 aliphatic rings. The molecule has 0 saturated carbocycles. The van der Waals surface area contributed by atoms with Gasteiger partial charge in [0, 0.05) is 24.7 Å². The SMILES string of the molecule is CS(=O)(=O)N1CCC(C(=O)Nc2ccc(CC(=O)O)cc2)CC1. The van der Waals surface area contributed by atoms with Gasteiger partial charge in [-0.25, -0.2) is 12.7 Å². The molecule has 8 heteroatoms. The molecule has 0 unspecified atom stereocenters. The maximum Gasteiger partial charge on any atom is 0.307 e. The molecule has 7 nitrogen and oxygen atoms in total. The molecule has 1 aromatic carbocycles. The molecule has 0 aliphatic carbocycles. The molecular weight excluding hydrogens is 320 g/mol. The fourth-order valence-electron chi connectivity index (χ4n) is 2.57. The van der Waals surface area contributed by atoms with E-state index in [0.29, 0.717) is 37.2 Å². The van der Waals surface area contributed by atoms with Gasteiger partial charge >= 0.3 is 5.97 Å². The Labute approximate surface area is 135 Å². The molecule has 1 aromatic rings. The first-order valence-corrected chi connectivity index (χ1v) is 9.17. The number of benzene rings is 1. The fraction of sp³-hybridized carbons (Fsp3) is 0.467. The summed E-state index contributed by atoms with van der Waals surface area (Å²) in [5.41, 5.74) is 1.27. The summed E-state index contributed by atoms with van der Waals surface area (Å²) in [7, 11) is -3.19. The average molecular weight is 340 g/mol. The number of hydrogen-bond acceptors (Lipinski definition) is 4. The largest absolute Gasteiger partial charge is 0.481 e. The molecule has 126 valence electrons. The minimum Gasteiger partial charge on any atom is -0.481 e. The predicted molar refractivity (Wildman–Crippen MR) is 85.6 cm³/mol. The van der Waals surface area contributed by atoms with E-state index in [-0.39, 0.29) is 18.2 Å². The van der Waals surface area contributed by atoms with Crippen LogP contribution < -0.4 is 5.32 Å². The molecule has 0 aromatic heterocycles. The zero-order chi connectivity index (χ0) is 17.0. The first-order valence-electron chi connectivity index (χ1n) is 7.32. The molecule has 0 radical (unpaired) electrons. The lowest BCUT2D eigenvalue weighted by molar-refractivity contribution is -0.136. The monoisotopic (exact) mass is 340 g/mol. The number of carbonyl (C=O) groups excluding carboxylic acids is 1. The van der Waals surface area contributed by atoms with Crippen LogP contribution in [0.15, 0.2) is 24.3 Å². The molecule has 2 N–H and O–H groups in total. The summed E-state index contributed by atoms with van der Waals surface area (Å²) in [6.07, 6.45) is 2.11. The van der Waals surface area contributed by atoms with Crippen molar-refractivity contribution in [3.05, 3.63) is 29.8 Å². The van der Waals surface area contributed by atoms with Crippen molar-refractivity contribution >= 4 is 27.6 Å². The molecule has 2 rings (SSSR count). The number of nitrogens with one attached hydrogen (secondary N) is 1. The second-order valence-electron chi connectivity index (χ2n) is 5.69. The van der Waals surface area contributed by atoms with Crippen molar-refractivity contribution in [3.8, 4) is 0 Å². The molecule has 1 aliphatic heterocycles. The van der Waals surface area contributed by atoms with Crippen molar-refractivity contribution in [2.75, 3.05) is 24.7 Å². The zero-order valence-electron chi connectivity index (χ0n) is 12.9. The number of piperidine rings is 1. The number of carboxylic acids is 1. The minimum atomic E-state index is -3.19. The zero-order valence-corrected chi connectivity index (χ0v) is 13.7. The standard InChI is InChI=1S/C15H20N2O5S/c1-23(21,22)17-8-6-12(7-9-17)15(20)16-13-4-2-11(3-5-13)10-14(18)19/h2-5,12H,6-10H2,1H3,(H,16,20)(H,18,19). The summed E-state index contributed by atoms with van der Waals surface area (Å²) < 4.78 is 24.3. The van der Waals surface area contributed by atoms with Crippen LogP contribution >= 0.6 is 0 Å². The highest BCUT2D eigenvalue weighted by atomic mass is 32.2. The molecule has 1 fully saturated rings. The summed E-state index contributed by atoms with van der Waals surface area (Å²) in [5, 5.41) is 11.5. The van der Waals surface area contributed by atoms with Gasteiger partial charge in [-0.3, -0.25) is 9.59 Å². The summed E-state index contributed by atoms with van der Waals surface area (Å²) >= 11 is 0. The van der Waals surface area contributed by atoms with E-state index < -0.39 is 16.0 Å². The Morgan fingerprint density at radius 2 is 1.78 bits per heavy atom. The van der Waals surface area contributed by atoms with Crippen molar-refractivity contribution in [1.29, 1.82) is 0 Å².